The molecule has 0 amide bonds. The summed E-state index contributed by atoms with van der Waals surface area (Å²) in [5, 5.41) is 7.65. The van der Waals surface area contributed by atoms with Crippen LogP contribution in [0.1, 0.15) is 5.69 Å². The van der Waals surface area contributed by atoms with Gasteiger partial charge in [-0.05, 0) is 40.8 Å². The Morgan fingerprint density at radius 2 is 2.05 bits per heavy atom. The van der Waals surface area contributed by atoms with Crippen LogP contribution in [0.5, 0.6) is 0 Å². The van der Waals surface area contributed by atoms with Crippen LogP contribution < -0.4 is 5.69 Å². The van der Waals surface area contributed by atoms with Gasteiger partial charge in [-0.25, -0.2) is 9.18 Å². The van der Waals surface area contributed by atoms with Crippen molar-refractivity contribution in [2.45, 2.75) is 6.54 Å². The third-order valence-electron chi connectivity index (χ3n) is 2.82. The van der Waals surface area contributed by atoms with Crippen LogP contribution in [0.3, 0.4) is 0 Å². The highest BCUT2D eigenvalue weighted by Gasteiger charge is 2.13. The van der Waals surface area contributed by atoms with Gasteiger partial charge >= 0.3 is 5.69 Å². The largest absolute Gasteiger partial charge is 0.368 e. The van der Waals surface area contributed by atoms with Crippen molar-refractivity contribution in [3.05, 3.63) is 69.6 Å². The third-order valence-corrected chi connectivity index (χ3v) is 3.05. The lowest BCUT2D eigenvalue weighted by molar-refractivity contribution is 0.604. The molecule has 0 bridgehead atoms. The first-order chi connectivity index (χ1) is 10.1. The molecule has 0 aliphatic carbocycles. The maximum absolute atomic E-state index is 13.8. The Hall–Kier alpha value is -2.54. The molecule has 0 fully saturated rings. The lowest BCUT2D eigenvalue weighted by atomic mass is 10.3. The SMILES string of the molecule is O=c1n(Cc2ccccn2)nnn1-c1ccc(Cl)cc1F. The minimum atomic E-state index is -0.644. The molecule has 0 radical (unpaired) electrons. The molecule has 21 heavy (non-hydrogen) atoms. The molecule has 1 aromatic carbocycles. The van der Waals surface area contributed by atoms with Crippen LogP contribution in [0.2, 0.25) is 5.02 Å². The van der Waals surface area contributed by atoms with Crippen molar-refractivity contribution in [2.24, 2.45) is 0 Å². The van der Waals surface area contributed by atoms with Crippen molar-refractivity contribution in [3.8, 4) is 5.69 Å². The van der Waals surface area contributed by atoms with Crippen molar-refractivity contribution < 1.29 is 4.39 Å². The molecule has 0 N–H and O–H groups in total. The van der Waals surface area contributed by atoms with E-state index < -0.39 is 11.5 Å². The van der Waals surface area contributed by atoms with Gasteiger partial charge in [0.2, 0.25) is 0 Å². The van der Waals surface area contributed by atoms with E-state index in [1.165, 1.54) is 12.1 Å². The Morgan fingerprint density at radius 3 is 2.76 bits per heavy atom. The molecule has 0 unspecified atom stereocenters. The lowest BCUT2D eigenvalue weighted by Crippen LogP contribution is -2.25. The van der Waals surface area contributed by atoms with E-state index in [9.17, 15) is 9.18 Å². The van der Waals surface area contributed by atoms with Crippen LogP contribution in [0.25, 0.3) is 5.69 Å². The maximum atomic E-state index is 13.8. The number of tetrazole rings is 1. The van der Waals surface area contributed by atoms with Crippen molar-refractivity contribution in [3.63, 3.8) is 0 Å². The zero-order valence-electron chi connectivity index (χ0n) is 10.6. The summed E-state index contributed by atoms with van der Waals surface area (Å²) in [5.41, 5.74) is 0.0989. The first kappa shape index (κ1) is 13.4. The number of halogens is 2. The summed E-state index contributed by atoms with van der Waals surface area (Å²) < 4.78 is 15.8. The molecule has 3 rings (SSSR count). The van der Waals surface area contributed by atoms with Crippen molar-refractivity contribution in [1.82, 2.24) is 24.8 Å². The summed E-state index contributed by atoms with van der Waals surface area (Å²) in [5.74, 6) is -0.644. The number of benzene rings is 1. The second kappa shape index (κ2) is 5.45. The molecule has 0 spiro atoms. The molecular weight excluding hydrogens is 297 g/mol. The highest BCUT2D eigenvalue weighted by molar-refractivity contribution is 6.30. The highest BCUT2D eigenvalue weighted by atomic mass is 35.5. The lowest BCUT2D eigenvalue weighted by Gasteiger charge is -2.01. The van der Waals surface area contributed by atoms with Crippen LogP contribution in [-0.4, -0.2) is 24.8 Å². The summed E-state index contributed by atoms with van der Waals surface area (Å²) in [6.45, 7) is 0.162. The van der Waals surface area contributed by atoms with Crippen LogP contribution in [-0.2, 0) is 6.54 Å². The topological polar surface area (TPSA) is 65.6 Å². The zero-order valence-corrected chi connectivity index (χ0v) is 11.4. The van der Waals surface area contributed by atoms with Gasteiger partial charge in [0, 0.05) is 11.2 Å². The molecule has 0 aliphatic rings. The minimum Gasteiger partial charge on any atom is -0.259 e. The average molecular weight is 306 g/mol. The number of pyridine rings is 1. The Kier molecular flexibility index (Phi) is 3.49. The molecule has 0 saturated heterocycles. The van der Waals surface area contributed by atoms with Gasteiger partial charge in [0.15, 0.2) is 5.82 Å². The minimum absolute atomic E-state index is 0.00308. The predicted molar refractivity (Wildman–Crippen MR) is 73.9 cm³/mol. The smallest absolute Gasteiger partial charge is 0.259 e. The molecule has 0 atom stereocenters. The molecule has 2 aromatic heterocycles. The van der Waals surface area contributed by atoms with Crippen molar-refractivity contribution in [2.75, 3.05) is 0 Å². The Morgan fingerprint density at radius 1 is 1.19 bits per heavy atom. The van der Waals surface area contributed by atoms with E-state index in [4.69, 9.17) is 11.6 Å². The van der Waals surface area contributed by atoms with Crippen molar-refractivity contribution >= 4 is 11.6 Å². The second-order valence-corrected chi connectivity index (χ2v) is 4.68. The monoisotopic (exact) mass is 305 g/mol. The first-order valence-corrected chi connectivity index (χ1v) is 6.41. The first-order valence-electron chi connectivity index (χ1n) is 6.03. The van der Waals surface area contributed by atoms with E-state index in [1.54, 1.807) is 24.4 Å². The predicted octanol–water partition coefficient (Wildman–Crippen LogP) is 1.66. The van der Waals surface area contributed by atoms with Crippen LogP contribution in [0.15, 0.2) is 47.4 Å². The fourth-order valence-electron chi connectivity index (χ4n) is 1.82. The second-order valence-electron chi connectivity index (χ2n) is 4.25. The summed E-state index contributed by atoms with van der Waals surface area (Å²) >= 11 is 5.68. The van der Waals surface area contributed by atoms with Crippen LogP contribution in [0, 0.1) is 5.82 Å². The van der Waals surface area contributed by atoms with Gasteiger partial charge in [0.25, 0.3) is 0 Å². The van der Waals surface area contributed by atoms with E-state index in [2.05, 4.69) is 15.4 Å². The van der Waals surface area contributed by atoms with E-state index in [-0.39, 0.29) is 17.3 Å². The van der Waals surface area contributed by atoms with Gasteiger partial charge in [-0.15, -0.1) is 0 Å². The molecule has 2 heterocycles. The number of rotatable bonds is 3. The molecule has 0 saturated carbocycles. The fourth-order valence-corrected chi connectivity index (χ4v) is 1.98. The maximum Gasteiger partial charge on any atom is 0.368 e. The Bertz CT molecular complexity index is 830. The number of hydrogen-bond donors (Lipinski definition) is 0. The quantitative estimate of drug-likeness (QED) is 0.738. The van der Waals surface area contributed by atoms with E-state index in [0.29, 0.717) is 5.69 Å². The normalized spacial score (nSPS) is 10.8. The van der Waals surface area contributed by atoms with E-state index >= 15 is 0 Å². The van der Waals surface area contributed by atoms with E-state index in [0.717, 1.165) is 15.4 Å². The molecule has 0 aliphatic heterocycles. The standard InChI is InChI=1S/C13H9ClFN5O/c14-9-4-5-12(11(15)7-9)20-13(21)19(17-18-20)8-10-3-1-2-6-16-10/h1-7H,8H2. The van der Waals surface area contributed by atoms with Gasteiger partial charge in [-0.3, -0.25) is 4.98 Å². The third kappa shape index (κ3) is 2.68. The molecule has 6 nitrogen and oxygen atoms in total. The molecule has 8 heteroatoms. The zero-order chi connectivity index (χ0) is 14.8. The summed E-state index contributed by atoms with van der Waals surface area (Å²) in [4.78, 5) is 16.3. The van der Waals surface area contributed by atoms with Gasteiger partial charge in [0.05, 0.1) is 12.2 Å². The van der Waals surface area contributed by atoms with Crippen molar-refractivity contribution in [1.29, 1.82) is 0 Å². The van der Waals surface area contributed by atoms with E-state index in [1.807, 2.05) is 0 Å². The summed E-state index contributed by atoms with van der Waals surface area (Å²) in [6, 6.07) is 9.29. The average Bonchev–Trinajstić information content (AvgIpc) is 2.82. The number of nitrogens with zero attached hydrogens (tertiary/aromatic N) is 5. The summed E-state index contributed by atoms with van der Waals surface area (Å²) in [7, 11) is 0. The number of hydrogen-bond acceptors (Lipinski definition) is 4. The molecule has 3 aromatic rings. The fraction of sp³-hybridized carbons (Fsp3) is 0.0769. The van der Waals surface area contributed by atoms with Gasteiger partial charge in [-0.1, -0.05) is 17.7 Å². The number of aromatic nitrogens is 5. The van der Waals surface area contributed by atoms with Crippen LogP contribution >= 0.6 is 11.6 Å². The molecular formula is C13H9ClFN5O. The van der Waals surface area contributed by atoms with Crippen LogP contribution in [0.4, 0.5) is 4.39 Å². The Labute approximate surface area is 123 Å². The highest BCUT2D eigenvalue weighted by Crippen LogP contribution is 2.16. The van der Waals surface area contributed by atoms with Gasteiger partial charge in [0.1, 0.15) is 5.69 Å². The molecule has 106 valence electrons. The van der Waals surface area contributed by atoms with Gasteiger partial charge in [-0.2, -0.15) is 9.36 Å². The Balaban J connectivity index is 1.98. The summed E-state index contributed by atoms with van der Waals surface area (Å²) in [6.07, 6.45) is 1.61. The van der Waals surface area contributed by atoms with Gasteiger partial charge < -0.3 is 0 Å².